The van der Waals surface area contributed by atoms with Crippen molar-refractivity contribution in [3.8, 4) is 0 Å². The van der Waals surface area contributed by atoms with Gasteiger partial charge < -0.3 is 4.74 Å². The molecule has 0 amide bonds. The van der Waals surface area contributed by atoms with E-state index in [4.69, 9.17) is 9.72 Å². The highest BCUT2D eigenvalue weighted by molar-refractivity contribution is 7.18. The number of aromatic nitrogens is 2. The summed E-state index contributed by atoms with van der Waals surface area (Å²) < 4.78 is 6.82. The molecule has 0 unspecified atom stereocenters. The topological polar surface area (TPSA) is 64.4 Å². The normalized spacial score (nSPS) is 11.4. The van der Waals surface area contributed by atoms with Crippen molar-refractivity contribution < 1.29 is 9.53 Å². The predicted molar refractivity (Wildman–Crippen MR) is 121 cm³/mol. The molecule has 3 rings (SSSR count). The third-order valence-electron chi connectivity index (χ3n) is 5.43. The van der Waals surface area contributed by atoms with E-state index in [1.807, 2.05) is 26.0 Å². The van der Waals surface area contributed by atoms with Gasteiger partial charge in [-0.05, 0) is 57.1 Å². The van der Waals surface area contributed by atoms with Gasteiger partial charge in [-0.25, -0.2) is 9.78 Å². The van der Waals surface area contributed by atoms with Crippen molar-refractivity contribution in [2.24, 2.45) is 0 Å². The number of aryl methyl sites for hydroxylation is 2. The summed E-state index contributed by atoms with van der Waals surface area (Å²) in [7, 11) is 0. The summed E-state index contributed by atoms with van der Waals surface area (Å²) in [4.78, 5) is 34.4. The SMILES string of the molecule is CCOC(=O)c1ccc(Cn2c(CN(CC)CC)nc3sc(C)c(C)c3c2=O)cc1. The molecule has 0 aliphatic rings. The number of carbonyl (C=O) groups excluding carboxylic acids is 1. The summed E-state index contributed by atoms with van der Waals surface area (Å²) in [5.41, 5.74) is 2.46. The van der Waals surface area contributed by atoms with Gasteiger partial charge in [0.05, 0.1) is 30.6 Å². The molecule has 30 heavy (non-hydrogen) atoms. The Bertz CT molecular complexity index is 1100. The van der Waals surface area contributed by atoms with Crippen molar-refractivity contribution in [1.82, 2.24) is 14.5 Å². The van der Waals surface area contributed by atoms with Crippen LogP contribution in [0.3, 0.4) is 0 Å². The molecule has 0 fully saturated rings. The summed E-state index contributed by atoms with van der Waals surface area (Å²) in [6.07, 6.45) is 0. The highest BCUT2D eigenvalue weighted by Crippen LogP contribution is 2.26. The van der Waals surface area contributed by atoms with Crippen molar-refractivity contribution in [3.63, 3.8) is 0 Å². The zero-order valence-corrected chi connectivity index (χ0v) is 19.1. The van der Waals surface area contributed by atoms with Gasteiger partial charge in [0.15, 0.2) is 0 Å². The number of hydrogen-bond donors (Lipinski definition) is 0. The number of benzene rings is 1. The Balaban J connectivity index is 2.04. The maximum atomic E-state index is 13.4. The Kier molecular flexibility index (Phi) is 7.05. The standard InChI is InChI=1S/C23H29N3O3S/c1-6-25(7-2)14-19-24-21-20(15(4)16(5)30-21)22(27)26(19)13-17-9-11-18(12-10-17)23(28)29-8-3/h9-12H,6-8,13-14H2,1-5H3. The van der Waals surface area contributed by atoms with E-state index in [9.17, 15) is 9.59 Å². The highest BCUT2D eigenvalue weighted by atomic mass is 32.1. The molecule has 3 aromatic rings. The number of thiophene rings is 1. The molecule has 0 saturated carbocycles. The maximum absolute atomic E-state index is 13.4. The van der Waals surface area contributed by atoms with Gasteiger partial charge in [-0.2, -0.15) is 0 Å². The van der Waals surface area contributed by atoms with Crippen LogP contribution >= 0.6 is 11.3 Å². The summed E-state index contributed by atoms with van der Waals surface area (Å²) >= 11 is 1.58. The van der Waals surface area contributed by atoms with Gasteiger partial charge in [-0.3, -0.25) is 14.3 Å². The van der Waals surface area contributed by atoms with Crippen LogP contribution in [0.2, 0.25) is 0 Å². The molecule has 160 valence electrons. The van der Waals surface area contributed by atoms with Crippen LogP contribution in [0.15, 0.2) is 29.1 Å². The lowest BCUT2D eigenvalue weighted by atomic mass is 10.1. The van der Waals surface area contributed by atoms with Gasteiger partial charge in [0.25, 0.3) is 5.56 Å². The number of fused-ring (bicyclic) bond motifs is 1. The van der Waals surface area contributed by atoms with E-state index in [2.05, 4.69) is 18.7 Å². The molecule has 2 heterocycles. The van der Waals surface area contributed by atoms with Crippen molar-refractivity contribution in [3.05, 3.63) is 62.0 Å². The summed E-state index contributed by atoms with van der Waals surface area (Å²) in [5.74, 6) is 0.433. The molecular formula is C23H29N3O3S. The second-order valence-corrected chi connectivity index (χ2v) is 8.46. The monoisotopic (exact) mass is 427 g/mol. The molecule has 0 saturated heterocycles. The average Bonchev–Trinajstić information content (AvgIpc) is 3.03. The van der Waals surface area contributed by atoms with E-state index >= 15 is 0 Å². The second kappa shape index (κ2) is 9.53. The largest absolute Gasteiger partial charge is 0.462 e. The first kappa shape index (κ1) is 22.2. The van der Waals surface area contributed by atoms with Gasteiger partial charge in [-0.1, -0.05) is 26.0 Å². The Morgan fingerprint density at radius 1 is 1.13 bits per heavy atom. The number of ether oxygens (including phenoxy) is 1. The molecule has 1 aromatic carbocycles. The van der Waals surface area contributed by atoms with Crippen molar-refractivity contribution in [2.45, 2.75) is 47.7 Å². The molecule has 6 nitrogen and oxygen atoms in total. The van der Waals surface area contributed by atoms with Gasteiger partial charge in [0, 0.05) is 4.88 Å². The van der Waals surface area contributed by atoms with E-state index < -0.39 is 0 Å². The van der Waals surface area contributed by atoms with Crippen LogP contribution in [-0.4, -0.2) is 40.1 Å². The number of rotatable bonds is 8. The third kappa shape index (κ3) is 4.47. The fourth-order valence-electron chi connectivity index (χ4n) is 3.44. The van der Waals surface area contributed by atoms with E-state index in [-0.39, 0.29) is 11.5 Å². The summed E-state index contributed by atoms with van der Waals surface area (Å²) in [6.45, 7) is 13.2. The predicted octanol–water partition coefficient (Wildman–Crippen LogP) is 4.14. The van der Waals surface area contributed by atoms with Crippen molar-refractivity contribution >= 4 is 27.5 Å². The zero-order chi connectivity index (χ0) is 21.8. The maximum Gasteiger partial charge on any atom is 0.338 e. The van der Waals surface area contributed by atoms with Gasteiger partial charge in [0.2, 0.25) is 0 Å². The summed E-state index contributed by atoms with van der Waals surface area (Å²) in [5, 5.41) is 0.712. The molecular weight excluding hydrogens is 398 g/mol. The molecule has 0 spiro atoms. The number of esters is 1. The summed E-state index contributed by atoms with van der Waals surface area (Å²) in [6, 6.07) is 7.23. The van der Waals surface area contributed by atoms with Crippen LogP contribution in [0.1, 0.15) is 53.0 Å². The lowest BCUT2D eigenvalue weighted by Gasteiger charge is -2.20. The third-order valence-corrected chi connectivity index (χ3v) is 6.53. The van der Waals surface area contributed by atoms with E-state index in [1.165, 1.54) is 0 Å². The molecule has 0 atom stereocenters. The number of nitrogens with zero attached hydrogens (tertiary/aromatic N) is 3. The van der Waals surface area contributed by atoms with Crippen LogP contribution in [0.5, 0.6) is 0 Å². The quantitative estimate of drug-likeness (QED) is 0.506. The number of carbonyl (C=O) groups is 1. The number of hydrogen-bond acceptors (Lipinski definition) is 6. The average molecular weight is 428 g/mol. The fraction of sp³-hybridized carbons (Fsp3) is 0.435. The van der Waals surface area contributed by atoms with Crippen LogP contribution in [0, 0.1) is 13.8 Å². The fourth-order valence-corrected chi connectivity index (χ4v) is 4.48. The van der Waals surface area contributed by atoms with E-state index in [1.54, 1.807) is 35.0 Å². The highest BCUT2D eigenvalue weighted by Gasteiger charge is 2.18. The van der Waals surface area contributed by atoms with Crippen molar-refractivity contribution in [1.29, 1.82) is 0 Å². The molecule has 2 aromatic heterocycles. The molecule has 7 heteroatoms. The molecule has 0 N–H and O–H groups in total. The van der Waals surface area contributed by atoms with Gasteiger partial charge >= 0.3 is 5.97 Å². The first-order valence-electron chi connectivity index (χ1n) is 10.4. The molecule has 0 aliphatic heterocycles. The van der Waals surface area contributed by atoms with E-state index in [0.29, 0.717) is 30.6 Å². The molecule has 0 aliphatic carbocycles. The molecule has 0 bridgehead atoms. The van der Waals surface area contributed by atoms with Gasteiger partial charge in [0.1, 0.15) is 10.7 Å². The zero-order valence-electron chi connectivity index (χ0n) is 18.3. The first-order valence-corrected chi connectivity index (χ1v) is 11.2. The van der Waals surface area contributed by atoms with Crippen LogP contribution in [0.25, 0.3) is 10.2 Å². The van der Waals surface area contributed by atoms with Crippen LogP contribution < -0.4 is 5.56 Å². The van der Waals surface area contributed by atoms with E-state index in [0.717, 1.165) is 39.7 Å². The Hall–Kier alpha value is -2.51. The Morgan fingerprint density at radius 3 is 2.40 bits per heavy atom. The van der Waals surface area contributed by atoms with Crippen LogP contribution in [-0.2, 0) is 17.8 Å². The minimum atomic E-state index is -0.337. The molecule has 0 radical (unpaired) electrons. The lowest BCUT2D eigenvalue weighted by Crippen LogP contribution is -2.31. The Labute approximate surface area is 181 Å². The van der Waals surface area contributed by atoms with Gasteiger partial charge in [-0.15, -0.1) is 11.3 Å². The lowest BCUT2D eigenvalue weighted by molar-refractivity contribution is 0.0526. The minimum absolute atomic E-state index is 0.00141. The first-order chi connectivity index (χ1) is 14.4. The Morgan fingerprint density at radius 2 is 1.80 bits per heavy atom. The second-order valence-electron chi connectivity index (χ2n) is 7.26. The van der Waals surface area contributed by atoms with Crippen LogP contribution in [0.4, 0.5) is 0 Å². The van der Waals surface area contributed by atoms with Crippen molar-refractivity contribution in [2.75, 3.05) is 19.7 Å². The smallest absolute Gasteiger partial charge is 0.338 e. The minimum Gasteiger partial charge on any atom is -0.462 e.